The van der Waals surface area contributed by atoms with E-state index in [0.717, 1.165) is 12.8 Å². The molecule has 0 amide bonds. The molecule has 1 aromatic carbocycles. The third kappa shape index (κ3) is 3.20. The van der Waals surface area contributed by atoms with E-state index in [1.165, 1.54) is 5.56 Å². The Morgan fingerprint density at radius 3 is 2.58 bits per heavy atom. The lowest BCUT2D eigenvalue weighted by Crippen LogP contribution is -1.80. The molecule has 0 saturated carbocycles. The van der Waals surface area contributed by atoms with E-state index in [0.29, 0.717) is 0 Å². The SMILES string of the molecule is C=C/C=C\CCc1ccccc1. The van der Waals surface area contributed by atoms with Gasteiger partial charge in [-0.2, -0.15) is 0 Å². The van der Waals surface area contributed by atoms with Crippen LogP contribution in [0.2, 0.25) is 0 Å². The van der Waals surface area contributed by atoms with Gasteiger partial charge >= 0.3 is 0 Å². The molecule has 12 heavy (non-hydrogen) atoms. The number of allylic oxidation sites excluding steroid dienone is 3. The molecule has 0 unspecified atom stereocenters. The van der Waals surface area contributed by atoms with Crippen LogP contribution in [0.4, 0.5) is 0 Å². The Labute approximate surface area is 74.2 Å². The highest BCUT2D eigenvalue weighted by Crippen LogP contribution is 2.02. The first kappa shape index (κ1) is 8.79. The fourth-order valence-corrected chi connectivity index (χ4v) is 1.09. The highest BCUT2D eigenvalue weighted by atomic mass is 13.9. The van der Waals surface area contributed by atoms with Crippen LogP contribution in [0.25, 0.3) is 0 Å². The molecular formula is C12H14. The predicted octanol–water partition coefficient (Wildman–Crippen LogP) is 3.36. The van der Waals surface area contributed by atoms with Gasteiger partial charge in [-0.05, 0) is 18.4 Å². The average molecular weight is 158 g/mol. The fraction of sp³-hybridized carbons (Fsp3) is 0.167. The van der Waals surface area contributed by atoms with Gasteiger partial charge in [0.05, 0.1) is 0 Å². The second kappa shape index (κ2) is 5.36. The molecule has 0 spiro atoms. The first-order valence-electron chi connectivity index (χ1n) is 4.25. The molecule has 0 aliphatic carbocycles. The maximum Gasteiger partial charge on any atom is -0.0244 e. The third-order valence-electron chi connectivity index (χ3n) is 1.71. The van der Waals surface area contributed by atoms with Crippen LogP contribution in [0.3, 0.4) is 0 Å². The summed E-state index contributed by atoms with van der Waals surface area (Å²) < 4.78 is 0. The van der Waals surface area contributed by atoms with Gasteiger partial charge in [0, 0.05) is 0 Å². The quantitative estimate of drug-likeness (QED) is 0.589. The van der Waals surface area contributed by atoms with Crippen molar-refractivity contribution in [2.75, 3.05) is 0 Å². The van der Waals surface area contributed by atoms with Crippen LogP contribution < -0.4 is 0 Å². The van der Waals surface area contributed by atoms with E-state index in [4.69, 9.17) is 0 Å². The highest BCUT2D eigenvalue weighted by Gasteiger charge is 1.86. The number of rotatable bonds is 4. The van der Waals surface area contributed by atoms with Crippen molar-refractivity contribution in [2.24, 2.45) is 0 Å². The lowest BCUT2D eigenvalue weighted by molar-refractivity contribution is 1.00. The Bertz CT molecular complexity index is 244. The van der Waals surface area contributed by atoms with Gasteiger partial charge in [0.25, 0.3) is 0 Å². The Balaban J connectivity index is 2.33. The van der Waals surface area contributed by atoms with E-state index >= 15 is 0 Å². The van der Waals surface area contributed by atoms with Crippen LogP contribution in [0, 0.1) is 0 Å². The van der Waals surface area contributed by atoms with Gasteiger partial charge in [-0.1, -0.05) is 55.1 Å². The standard InChI is InChI=1S/C12H14/c1-2-3-4-6-9-12-10-7-5-8-11-12/h2-5,7-8,10-11H,1,6,9H2/b4-3-. The van der Waals surface area contributed by atoms with E-state index in [1.54, 1.807) is 0 Å². The van der Waals surface area contributed by atoms with Crippen molar-refractivity contribution in [3.05, 3.63) is 60.7 Å². The molecule has 0 nitrogen and oxygen atoms in total. The molecule has 0 saturated heterocycles. The highest BCUT2D eigenvalue weighted by molar-refractivity contribution is 5.15. The molecule has 0 N–H and O–H groups in total. The molecule has 62 valence electrons. The monoisotopic (exact) mass is 158 g/mol. The van der Waals surface area contributed by atoms with Crippen LogP contribution in [0.1, 0.15) is 12.0 Å². The number of benzene rings is 1. The van der Waals surface area contributed by atoms with Gasteiger partial charge in [0.2, 0.25) is 0 Å². The van der Waals surface area contributed by atoms with Crippen molar-refractivity contribution in [1.29, 1.82) is 0 Å². The minimum absolute atomic E-state index is 1.09. The molecule has 1 aromatic rings. The minimum Gasteiger partial charge on any atom is -0.0991 e. The second-order valence-corrected chi connectivity index (χ2v) is 2.69. The fourth-order valence-electron chi connectivity index (χ4n) is 1.09. The summed E-state index contributed by atoms with van der Waals surface area (Å²) in [5.41, 5.74) is 1.39. The molecule has 0 aliphatic heterocycles. The summed E-state index contributed by atoms with van der Waals surface area (Å²) in [5.74, 6) is 0. The van der Waals surface area contributed by atoms with Gasteiger partial charge in [-0.25, -0.2) is 0 Å². The number of hydrogen-bond donors (Lipinski definition) is 0. The summed E-state index contributed by atoms with van der Waals surface area (Å²) in [4.78, 5) is 0. The Hall–Kier alpha value is -1.30. The normalized spacial score (nSPS) is 10.3. The summed E-state index contributed by atoms with van der Waals surface area (Å²) in [6, 6.07) is 10.5. The van der Waals surface area contributed by atoms with Crippen molar-refractivity contribution in [2.45, 2.75) is 12.8 Å². The molecule has 0 aromatic heterocycles. The Kier molecular flexibility index (Phi) is 3.93. The number of hydrogen-bond acceptors (Lipinski definition) is 0. The lowest BCUT2D eigenvalue weighted by atomic mass is 10.1. The van der Waals surface area contributed by atoms with E-state index in [-0.39, 0.29) is 0 Å². The zero-order chi connectivity index (χ0) is 8.65. The smallest absolute Gasteiger partial charge is 0.0244 e. The molecule has 0 heteroatoms. The van der Waals surface area contributed by atoms with Crippen molar-refractivity contribution in [1.82, 2.24) is 0 Å². The van der Waals surface area contributed by atoms with E-state index in [1.807, 2.05) is 18.2 Å². The van der Waals surface area contributed by atoms with Crippen molar-refractivity contribution >= 4 is 0 Å². The third-order valence-corrected chi connectivity index (χ3v) is 1.71. The van der Waals surface area contributed by atoms with Crippen LogP contribution in [-0.2, 0) is 6.42 Å². The topological polar surface area (TPSA) is 0 Å². The summed E-state index contributed by atoms with van der Waals surface area (Å²) in [6.45, 7) is 3.62. The molecule has 0 fully saturated rings. The van der Waals surface area contributed by atoms with Gasteiger partial charge in [0.15, 0.2) is 0 Å². The zero-order valence-electron chi connectivity index (χ0n) is 7.24. The molecule has 0 radical (unpaired) electrons. The Morgan fingerprint density at radius 1 is 1.17 bits per heavy atom. The number of aryl methyl sites for hydroxylation is 1. The first-order chi connectivity index (χ1) is 5.93. The summed E-state index contributed by atoms with van der Waals surface area (Å²) >= 11 is 0. The largest absolute Gasteiger partial charge is 0.0991 e. The van der Waals surface area contributed by atoms with Crippen molar-refractivity contribution in [3.63, 3.8) is 0 Å². The maximum absolute atomic E-state index is 3.62. The molecule has 0 aliphatic rings. The lowest BCUT2D eigenvalue weighted by Gasteiger charge is -1.95. The van der Waals surface area contributed by atoms with Crippen LogP contribution in [0.5, 0.6) is 0 Å². The minimum atomic E-state index is 1.09. The summed E-state index contributed by atoms with van der Waals surface area (Å²) in [6.07, 6.45) is 8.15. The van der Waals surface area contributed by atoms with E-state index in [9.17, 15) is 0 Å². The van der Waals surface area contributed by atoms with Gasteiger partial charge < -0.3 is 0 Å². The summed E-state index contributed by atoms with van der Waals surface area (Å²) in [5, 5.41) is 0. The Morgan fingerprint density at radius 2 is 1.92 bits per heavy atom. The average Bonchev–Trinajstić information content (AvgIpc) is 2.14. The summed E-state index contributed by atoms with van der Waals surface area (Å²) in [7, 11) is 0. The van der Waals surface area contributed by atoms with Crippen molar-refractivity contribution < 1.29 is 0 Å². The maximum atomic E-state index is 3.62. The molecule has 1 rings (SSSR count). The molecule has 0 heterocycles. The van der Waals surface area contributed by atoms with Gasteiger partial charge in [-0.3, -0.25) is 0 Å². The second-order valence-electron chi connectivity index (χ2n) is 2.69. The van der Waals surface area contributed by atoms with E-state index in [2.05, 4.69) is 36.9 Å². The molecule has 0 bridgehead atoms. The van der Waals surface area contributed by atoms with Gasteiger partial charge in [0.1, 0.15) is 0 Å². The zero-order valence-corrected chi connectivity index (χ0v) is 7.24. The van der Waals surface area contributed by atoms with E-state index < -0.39 is 0 Å². The van der Waals surface area contributed by atoms with Crippen molar-refractivity contribution in [3.8, 4) is 0 Å². The first-order valence-corrected chi connectivity index (χ1v) is 4.25. The molecule has 0 atom stereocenters. The van der Waals surface area contributed by atoms with Crippen LogP contribution >= 0.6 is 0 Å². The van der Waals surface area contributed by atoms with Crippen LogP contribution in [0.15, 0.2) is 55.1 Å². The predicted molar refractivity (Wildman–Crippen MR) is 54.1 cm³/mol. The molecular weight excluding hydrogens is 144 g/mol. The van der Waals surface area contributed by atoms with Gasteiger partial charge in [-0.15, -0.1) is 0 Å². The van der Waals surface area contributed by atoms with Crippen LogP contribution in [-0.4, -0.2) is 0 Å².